The SMILES string of the molecule is CCOc1ccc(-n2c(C)c[n+]3c2N=C2C3C(=O)N(CC(C)C)C(=O)N2C)cc1. The number of hydrogen-bond acceptors (Lipinski definition) is 4. The van der Waals surface area contributed by atoms with Gasteiger partial charge in [-0.2, -0.15) is 4.57 Å². The molecule has 0 aliphatic carbocycles. The third kappa shape index (κ3) is 2.99. The van der Waals surface area contributed by atoms with Crippen LogP contribution in [-0.4, -0.2) is 52.3 Å². The average molecular weight is 396 g/mol. The molecule has 0 bridgehead atoms. The molecule has 0 spiro atoms. The molecule has 1 aromatic heterocycles. The first kappa shape index (κ1) is 19.2. The summed E-state index contributed by atoms with van der Waals surface area (Å²) in [5.41, 5.74) is 1.87. The summed E-state index contributed by atoms with van der Waals surface area (Å²) in [5, 5.41) is 0. The summed E-state index contributed by atoms with van der Waals surface area (Å²) >= 11 is 0. The number of rotatable bonds is 5. The van der Waals surface area contributed by atoms with Gasteiger partial charge in [0.25, 0.3) is 5.91 Å². The first-order valence-corrected chi connectivity index (χ1v) is 9.87. The van der Waals surface area contributed by atoms with Crippen LogP contribution in [0.25, 0.3) is 5.69 Å². The van der Waals surface area contributed by atoms with Gasteiger partial charge in [0.15, 0.2) is 0 Å². The number of fused-ring (bicyclic) bond motifs is 3. The van der Waals surface area contributed by atoms with Crippen molar-refractivity contribution in [1.29, 1.82) is 0 Å². The predicted octanol–water partition coefficient (Wildman–Crippen LogP) is 2.61. The fourth-order valence-electron chi connectivity index (χ4n) is 3.89. The van der Waals surface area contributed by atoms with Gasteiger partial charge < -0.3 is 4.74 Å². The topological polar surface area (TPSA) is 71.0 Å². The van der Waals surface area contributed by atoms with Gasteiger partial charge in [-0.1, -0.05) is 18.8 Å². The zero-order valence-corrected chi connectivity index (χ0v) is 17.4. The first-order chi connectivity index (χ1) is 13.8. The molecule has 29 heavy (non-hydrogen) atoms. The highest BCUT2D eigenvalue weighted by molar-refractivity contribution is 6.19. The second kappa shape index (κ2) is 7.02. The van der Waals surface area contributed by atoms with Crippen LogP contribution in [0, 0.1) is 12.8 Å². The zero-order chi connectivity index (χ0) is 20.9. The van der Waals surface area contributed by atoms with E-state index in [1.807, 2.05) is 67.3 Å². The highest BCUT2D eigenvalue weighted by atomic mass is 16.5. The summed E-state index contributed by atoms with van der Waals surface area (Å²) < 4.78 is 9.37. The summed E-state index contributed by atoms with van der Waals surface area (Å²) in [4.78, 5) is 33.4. The standard InChI is InChI=1S/C21H26N5O3/c1-6-29-16-9-7-15(8-10-16)26-14(4)12-24-17-18(22-20(24)26)23(5)21(28)25(19(17)27)11-13(2)3/h7-10,12-13,17H,6,11H2,1-5H3/q+1. The van der Waals surface area contributed by atoms with E-state index in [4.69, 9.17) is 9.73 Å². The van der Waals surface area contributed by atoms with Crippen molar-refractivity contribution in [3.05, 3.63) is 36.2 Å². The molecule has 1 atom stereocenters. The van der Waals surface area contributed by atoms with Crippen molar-refractivity contribution in [2.75, 3.05) is 20.2 Å². The number of amides is 3. The number of nitrogens with zero attached hydrogens (tertiary/aromatic N) is 5. The Hall–Kier alpha value is -3.16. The summed E-state index contributed by atoms with van der Waals surface area (Å²) in [7, 11) is 1.68. The van der Waals surface area contributed by atoms with Gasteiger partial charge in [0.1, 0.15) is 23.3 Å². The van der Waals surface area contributed by atoms with Gasteiger partial charge in [0.05, 0.1) is 6.61 Å². The normalized spacial score (nSPS) is 18.3. The second-order valence-electron chi connectivity index (χ2n) is 7.80. The largest absolute Gasteiger partial charge is 0.494 e. The molecule has 8 heteroatoms. The number of imidazole rings is 1. The number of aromatic nitrogens is 2. The lowest BCUT2D eigenvalue weighted by Gasteiger charge is -2.33. The van der Waals surface area contributed by atoms with Crippen molar-refractivity contribution in [1.82, 2.24) is 14.4 Å². The highest BCUT2D eigenvalue weighted by Crippen LogP contribution is 2.31. The number of amidine groups is 1. The minimum absolute atomic E-state index is 0.191. The van der Waals surface area contributed by atoms with Crippen LogP contribution in [0.4, 0.5) is 10.7 Å². The van der Waals surface area contributed by atoms with E-state index in [0.717, 1.165) is 17.1 Å². The fourth-order valence-corrected chi connectivity index (χ4v) is 3.89. The smallest absolute Gasteiger partial charge is 0.406 e. The lowest BCUT2D eigenvalue weighted by molar-refractivity contribution is -0.676. The lowest BCUT2D eigenvalue weighted by atomic mass is 10.1. The van der Waals surface area contributed by atoms with Gasteiger partial charge in [-0.3, -0.25) is 14.6 Å². The first-order valence-electron chi connectivity index (χ1n) is 9.87. The Bertz CT molecular complexity index is 1010. The summed E-state index contributed by atoms with van der Waals surface area (Å²) in [5.74, 6) is 1.86. The van der Waals surface area contributed by atoms with Crippen molar-refractivity contribution >= 4 is 23.7 Å². The van der Waals surface area contributed by atoms with Crippen molar-refractivity contribution < 1.29 is 18.9 Å². The Morgan fingerprint density at radius 2 is 1.90 bits per heavy atom. The molecule has 1 saturated heterocycles. The van der Waals surface area contributed by atoms with E-state index in [2.05, 4.69) is 0 Å². The molecule has 1 aromatic carbocycles. The highest BCUT2D eigenvalue weighted by Gasteiger charge is 2.53. The third-order valence-corrected chi connectivity index (χ3v) is 5.16. The molecular weight excluding hydrogens is 370 g/mol. The number of hydrogen-bond donors (Lipinski definition) is 0. The van der Waals surface area contributed by atoms with E-state index in [-0.39, 0.29) is 17.9 Å². The van der Waals surface area contributed by atoms with Crippen LogP contribution in [0.15, 0.2) is 35.5 Å². The van der Waals surface area contributed by atoms with E-state index < -0.39 is 6.04 Å². The summed E-state index contributed by atoms with van der Waals surface area (Å²) in [6.45, 7) is 8.90. The number of imide groups is 1. The average Bonchev–Trinajstić information content (AvgIpc) is 3.19. The van der Waals surface area contributed by atoms with Gasteiger partial charge in [-0.15, -0.1) is 0 Å². The molecular formula is C21H26N5O3+. The number of carbonyl (C=O) groups is 2. The van der Waals surface area contributed by atoms with Crippen molar-refractivity contribution in [2.24, 2.45) is 10.9 Å². The molecule has 3 heterocycles. The molecule has 1 unspecified atom stereocenters. The van der Waals surface area contributed by atoms with Crippen molar-refractivity contribution in [3.8, 4) is 11.4 Å². The van der Waals surface area contributed by atoms with Gasteiger partial charge in [0.2, 0.25) is 11.9 Å². The quantitative estimate of drug-likeness (QED) is 0.730. The Labute approximate surface area is 170 Å². The molecule has 0 radical (unpaired) electrons. The molecule has 152 valence electrons. The Balaban J connectivity index is 1.77. The van der Waals surface area contributed by atoms with E-state index in [1.165, 1.54) is 9.80 Å². The summed E-state index contributed by atoms with van der Waals surface area (Å²) in [6.07, 6.45) is 1.92. The fraction of sp³-hybridized carbons (Fsp3) is 0.429. The zero-order valence-electron chi connectivity index (χ0n) is 17.4. The van der Waals surface area contributed by atoms with Crippen LogP contribution < -0.4 is 9.30 Å². The lowest BCUT2D eigenvalue weighted by Crippen LogP contribution is -2.63. The predicted molar refractivity (Wildman–Crippen MR) is 108 cm³/mol. The van der Waals surface area contributed by atoms with Crippen molar-refractivity contribution in [2.45, 2.75) is 33.7 Å². The maximum Gasteiger partial charge on any atom is 0.406 e. The van der Waals surface area contributed by atoms with Crippen LogP contribution in [0.5, 0.6) is 5.75 Å². The van der Waals surface area contributed by atoms with Gasteiger partial charge >= 0.3 is 12.0 Å². The third-order valence-electron chi connectivity index (χ3n) is 5.16. The van der Waals surface area contributed by atoms with Crippen LogP contribution in [0.3, 0.4) is 0 Å². The molecule has 1 fully saturated rings. The number of aryl methyl sites for hydroxylation is 1. The van der Waals surface area contributed by atoms with Gasteiger partial charge in [-0.05, 0) is 44.0 Å². The number of likely N-dealkylation sites (N-methyl/N-ethyl adjacent to an activating group) is 1. The Morgan fingerprint density at radius 1 is 1.21 bits per heavy atom. The Morgan fingerprint density at radius 3 is 2.52 bits per heavy atom. The number of urea groups is 1. The second-order valence-corrected chi connectivity index (χ2v) is 7.80. The number of aliphatic imine (C=N–C) groups is 1. The number of ether oxygens (including phenoxy) is 1. The van der Waals surface area contributed by atoms with Crippen LogP contribution in [0.1, 0.15) is 32.5 Å². The van der Waals surface area contributed by atoms with Crippen LogP contribution in [-0.2, 0) is 4.79 Å². The van der Waals surface area contributed by atoms with Crippen molar-refractivity contribution in [3.63, 3.8) is 0 Å². The van der Waals surface area contributed by atoms with E-state index in [0.29, 0.717) is 24.9 Å². The maximum atomic E-state index is 13.2. The monoisotopic (exact) mass is 396 g/mol. The van der Waals surface area contributed by atoms with Crippen LogP contribution in [0.2, 0.25) is 0 Å². The number of benzene rings is 1. The number of carbonyl (C=O) groups excluding carboxylic acids is 2. The summed E-state index contributed by atoms with van der Waals surface area (Å²) in [6, 6.07) is 6.81. The molecule has 2 aliphatic heterocycles. The van der Waals surface area contributed by atoms with E-state index in [1.54, 1.807) is 7.05 Å². The maximum absolute atomic E-state index is 13.2. The molecule has 2 aliphatic rings. The Kier molecular flexibility index (Phi) is 4.64. The minimum Gasteiger partial charge on any atom is -0.494 e. The molecule has 0 saturated carbocycles. The molecule has 4 rings (SSSR count). The molecule has 0 N–H and O–H groups in total. The van der Waals surface area contributed by atoms with Gasteiger partial charge in [-0.25, -0.2) is 9.36 Å². The molecule has 2 aromatic rings. The minimum atomic E-state index is -0.617. The van der Waals surface area contributed by atoms with E-state index >= 15 is 0 Å². The van der Waals surface area contributed by atoms with Gasteiger partial charge in [0, 0.05) is 13.6 Å². The van der Waals surface area contributed by atoms with E-state index in [9.17, 15) is 9.59 Å². The molecule has 8 nitrogen and oxygen atoms in total. The molecule has 3 amide bonds. The van der Waals surface area contributed by atoms with Crippen LogP contribution >= 0.6 is 0 Å².